The first-order valence-corrected chi connectivity index (χ1v) is 4.44. The van der Waals surface area contributed by atoms with E-state index in [-0.39, 0.29) is 0 Å². The van der Waals surface area contributed by atoms with Crippen LogP contribution < -0.4 is 0 Å². The molecule has 0 radical (unpaired) electrons. The predicted octanol–water partition coefficient (Wildman–Crippen LogP) is 1.07. The fourth-order valence-electron chi connectivity index (χ4n) is 0.0527. The Balaban J connectivity index is 3.04. The van der Waals surface area contributed by atoms with Crippen LogP contribution in [0.3, 0.4) is 0 Å². The van der Waals surface area contributed by atoms with E-state index in [2.05, 4.69) is 11.9 Å². The van der Waals surface area contributed by atoms with Gasteiger partial charge in [0, 0.05) is 0 Å². The van der Waals surface area contributed by atoms with Crippen molar-refractivity contribution in [2.45, 2.75) is 17.6 Å². The van der Waals surface area contributed by atoms with Crippen molar-refractivity contribution in [3.63, 3.8) is 0 Å². The van der Waals surface area contributed by atoms with Crippen LogP contribution in [0.15, 0.2) is 0 Å². The van der Waals surface area contributed by atoms with E-state index < -0.39 is 0 Å². The fraction of sp³-hybridized carbons (Fsp3) is 0.750. The van der Waals surface area contributed by atoms with E-state index in [1.807, 2.05) is 6.92 Å². The molecule has 1 atom stereocenters. The number of rotatable bonds is 1. The van der Waals surface area contributed by atoms with Crippen molar-refractivity contribution < 1.29 is 0 Å². The van der Waals surface area contributed by atoms with E-state index in [9.17, 15) is 0 Å². The topological polar surface area (TPSA) is 23.8 Å². The van der Waals surface area contributed by atoms with Crippen LogP contribution >= 0.6 is 0 Å². The summed E-state index contributed by atoms with van der Waals surface area (Å²) >= 11 is 0.523. The van der Waals surface area contributed by atoms with Crippen molar-refractivity contribution in [3.05, 3.63) is 0 Å². The van der Waals surface area contributed by atoms with Gasteiger partial charge in [-0.25, -0.2) is 0 Å². The molecule has 0 aliphatic heterocycles. The zero-order valence-corrected chi connectivity index (χ0v) is 5.65. The molecule has 6 heavy (non-hydrogen) atoms. The quantitative estimate of drug-likeness (QED) is 0.510. The summed E-state index contributed by atoms with van der Waals surface area (Å²) in [6.45, 7) is 1.94. The number of nitrogens with zero attached hydrogens (tertiary/aromatic N) is 1. The summed E-state index contributed by atoms with van der Waals surface area (Å²) in [5.41, 5.74) is 0. The van der Waals surface area contributed by atoms with Gasteiger partial charge in [-0.1, -0.05) is 0 Å². The van der Waals surface area contributed by atoms with Crippen molar-refractivity contribution in [3.8, 4) is 6.07 Å². The van der Waals surface area contributed by atoms with E-state index in [1.54, 1.807) is 0 Å². The summed E-state index contributed by atoms with van der Waals surface area (Å²) in [4.78, 5) is 0.303. The molecule has 0 aliphatic carbocycles. The van der Waals surface area contributed by atoms with Crippen molar-refractivity contribution >= 4 is 15.0 Å². The third-order valence-corrected chi connectivity index (χ3v) is 2.24. The summed E-state index contributed by atoms with van der Waals surface area (Å²) in [5.74, 6) is 2.07. The molecular weight excluding hydrogens is 141 g/mol. The third kappa shape index (κ3) is 2.26. The maximum absolute atomic E-state index is 8.10. The zero-order chi connectivity index (χ0) is 4.99. The van der Waals surface area contributed by atoms with E-state index >= 15 is 0 Å². The average molecular weight is 148 g/mol. The Morgan fingerprint density at radius 3 is 2.33 bits per heavy atom. The zero-order valence-electron chi connectivity index (χ0n) is 3.93. The molecule has 0 rings (SSSR count). The first-order chi connectivity index (χ1) is 2.81. The van der Waals surface area contributed by atoms with Gasteiger partial charge in [0.25, 0.3) is 0 Å². The summed E-state index contributed by atoms with van der Waals surface area (Å²) in [7, 11) is 0. The maximum atomic E-state index is 8.10. The van der Waals surface area contributed by atoms with Gasteiger partial charge in [0.1, 0.15) is 0 Å². The number of hydrogen-bond donors (Lipinski definition) is 0. The van der Waals surface area contributed by atoms with Gasteiger partial charge in [0.2, 0.25) is 0 Å². The first kappa shape index (κ1) is 6.01. The molecule has 0 aromatic rings. The van der Waals surface area contributed by atoms with Crippen molar-refractivity contribution in [1.82, 2.24) is 0 Å². The van der Waals surface area contributed by atoms with Gasteiger partial charge in [0.15, 0.2) is 0 Å². The summed E-state index contributed by atoms with van der Waals surface area (Å²) in [6, 6.07) is 2.14. The van der Waals surface area contributed by atoms with E-state index in [0.29, 0.717) is 19.8 Å². The molecule has 0 bridgehead atoms. The summed E-state index contributed by atoms with van der Waals surface area (Å²) in [5, 5.41) is 8.10. The molecule has 0 amide bonds. The fourth-order valence-corrected chi connectivity index (χ4v) is 0.274. The van der Waals surface area contributed by atoms with Crippen LogP contribution in [0.4, 0.5) is 0 Å². The Morgan fingerprint density at radius 2 is 2.33 bits per heavy atom. The first-order valence-electron chi connectivity index (χ1n) is 1.73. The van der Waals surface area contributed by atoms with Gasteiger partial charge in [-0.15, -0.1) is 0 Å². The molecule has 0 aromatic carbocycles. The molecule has 0 spiro atoms. The van der Waals surface area contributed by atoms with Gasteiger partial charge < -0.3 is 0 Å². The summed E-state index contributed by atoms with van der Waals surface area (Å²) < 4.78 is 0. The van der Waals surface area contributed by atoms with Gasteiger partial charge in [-0.05, 0) is 0 Å². The van der Waals surface area contributed by atoms with Gasteiger partial charge >= 0.3 is 43.9 Å². The third-order valence-electron chi connectivity index (χ3n) is 0.535. The molecule has 0 heterocycles. The molecular formula is C4H7NSe. The molecule has 0 saturated carbocycles. The minimum atomic E-state index is 0.303. The Labute approximate surface area is 44.5 Å². The Morgan fingerprint density at radius 1 is 1.83 bits per heavy atom. The second-order valence-corrected chi connectivity index (χ2v) is 3.48. The van der Waals surface area contributed by atoms with Crippen molar-refractivity contribution in [2.75, 3.05) is 0 Å². The molecule has 0 saturated heterocycles. The Bertz CT molecular complexity index is 64.4. The van der Waals surface area contributed by atoms with Crippen LogP contribution in [0.25, 0.3) is 0 Å². The molecule has 0 aromatic heterocycles. The second kappa shape index (κ2) is 3.21. The molecule has 2 heteroatoms. The molecule has 0 aliphatic rings. The van der Waals surface area contributed by atoms with Crippen LogP contribution in [0.1, 0.15) is 6.92 Å². The van der Waals surface area contributed by atoms with Gasteiger partial charge in [0.05, 0.1) is 0 Å². The van der Waals surface area contributed by atoms with Crippen LogP contribution in [0, 0.1) is 11.3 Å². The predicted molar refractivity (Wildman–Crippen MR) is 26.7 cm³/mol. The number of nitriles is 1. The van der Waals surface area contributed by atoms with Crippen molar-refractivity contribution in [1.29, 1.82) is 5.26 Å². The molecule has 1 unspecified atom stereocenters. The Kier molecular flexibility index (Phi) is 3.21. The summed E-state index contributed by atoms with van der Waals surface area (Å²) in [6.07, 6.45) is 0. The SMILES string of the molecule is C[Se]C(C)C#N. The number of hydrogen-bond acceptors (Lipinski definition) is 1. The normalized spacial score (nSPS) is 12.8. The van der Waals surface area contributed by atoms with Crippen molar-refractivity contribution in [2.24, 2.45) is 0 Å². The van der Waals surface area contributed by atoms with E-state index in [1.165, 1.54) is 0 Å². The van der Waals surface area contributed by atoms with Crippen LogP contribution in [0.2, 0.25) is 10.6 Å². The van der Waals surface area contributed by atoms with Gasteiger partial charge in [-0.3, -0.25) is 0 Å². The molecule has 1 nitrogen and oxygen atoms in total. The standard InChI is InChI=1S/C4H7NSe/c1-4(3-5)6-2/h4H,1-2H3. The van der Waals surface area contributed by atoms with Crippen LogP contribution in [-0.2, 0) is 0 Å². The minimum absolute atomic E-state index is 0.303. The van der Waals surface area contributed by atoms with Crippen LogP contribution in [-0.4, -0.2) is 15.0 Å². The average Bonchev–Trinajstić information content (AvgIpc) is 1.65. The molecule has 0 N–H and O–H groups in total. The van der Waals surface area contributed by atoms with E-state index in [0.717, 1.165) is 0 Å². The molecule has 34 valence electrons. The molecule has 0 fully saturated rings. The van der Waals surface area contributed by atoms with Gasteiger partial charge in [-0.2, -0.15) is 0 Å². The second-order valence-electron chi connectivity index (χ2n) is 1.01. The monoisotopic (exact) mass is 149 g/mol. The Hall–Kier alpha value is 0.00948. The van der Waals surface area contributed by atoms with Crippen LogP contribution in [0.5, 0.6) is 0 Å². The van der Waals surface area contributed by atoms with E-state index in [4.69, 9.17) is 5.26 Å².